The maximum Gasteiger partial charge on any atom is 0.335 e. The SMILES string of the molecule is Cc1ccc(-c2noc(CN3CCN(Cc4ccc(C(=O)O)cc4)CC3)n2)cc1. The van der Waals surface area contributed by atoms with Gasteiger partial charge in [-0.15, -0.1) is 0 Å². The molecule has 0 spiro atoms. The smallest absolute Gasteiger partial charge is 0.335 e. The fraction of sp³-hybridized carbons (Fsp3) is 0.318. The van der Waals surface area contributed by atoms with Crippen LogP contribution in [0.4, 0.5) is 0 Å². The molecule has 0 bridgehead atoms. The van der Waals surface area contributed by atoms with Crippen molar-refractivity contribution in [1.29, 1.82) is 0 Å². The predicted octanol–water partition coefficient (Wildman–Crippen LogP) is 3.06. The van der Waals surface area contributed by atoms with E-state index in [1.165, 1.54) is 5.56 Å². The first kappa shape index (κ1) is 19.3. The van der Waals surface area contributed by atoms with E-state index in [2.05, 4.69) is 26.9 Å². The Morgan fingerprint density at radius 3 is 2.21 bits per heavy atom. The van der Waals surface area contributed by atoms with Gasteiger partial charge in [-0.1, -0.05) is 47.1 Å². The van der Waals surface area contributed by atoms with Gasteiger partial charge >= 0.3 is 5.97 Å². The molecule has 7 heteroatoms. The van der Waals surface area contributed by atoms with Gasteiger partial charge in [0.25, 0.3) is 0 Å². The highest BCUT2D eigenvalue weighted by Gasteiger charge is 2.19. The second kappa shape index (κ2) is 8.55. The summed E-state index contributed by atoms with van der Waals surface area (Å²) in [5, 5.41) is 13.1. The van der Waals surface area contributed by atoms with E-state index in [1.807, 2.05) is 36.4 Å². The standard InChI is InChI=1S/C22H24N4O3/c1-16-2-6-18(7-3-16)21-23-20(29-24-21)15-26-12-10-25(11-13-26)14-17-4-8-19(9-5-17)22(27)28/h2-9H,10-15H2,1H3,(H,27,28). The van der Waals surface area contributed by atoms with Crippen molar-refractivity contribution in [3.05, 3.63) is 71.1 Å². The van der Waals surface area contributed by atoms with E-state index >= 15 is 0 Å². The highest BCUT2D eigenvalue weighted by atomic mass is 16.5. The molecule has 7 nitrogen and oxygen atoms in total. The van der Waals surface area contributed by atoms with E-state index in [1.54, 1.807) is 12.1 Å². The number of carboxylic acid groups (broad SMARTS) is 1. The number of aromatic nitrogens is 2. The molecule has 1 aromatic heterocycles. The molecular formula is C22H24N4O3. The van der Waals surface area contributed by atoms with Crippen molar-refractivity contribution in [3.8, 4) is 11.4 Å². The van der Waals surface area contributed by atoms with Crippen molar-refractivity contribution in [2.24, 2.45) is 0 Å². The number of aromatic carboxylic acids is 1. The molecule has 0 aliphatic carbocycles. The number of aryl methyl sites for hydroxylation is 1. The molecule has 1 aliphatic rings. The summed E-state index contributed by atoms with van der Waals surface area (Å²) in [6.45, 7) is 7.27. The Morgan fingerprint density at radius 1 is 0.966 bits per heavy atom. The van der Waals surface area contributed by atoms with Gasteiger partial charge in [-0.3, -0.25) is 9.80 Å². The normalized spacial score (nSPS) is 15.5. The maximum absolute atomic E-state index is 11.0. The molecule has 4 rings (SSSR count). The van der Waals surface area contributed by atoms with Crippen LogP contribution in [-0.2, 0) is 13.1 Å². The lowest BCUT2D eigenvalue weighted by Gasteiger charge is -2.33. The van der Waals surface area contributed by atoms with Crippen molar-refractivity contribution >= 4 is 5.97 Å². The number of benzene rings is 2. The lowest BCUT2D eigenvalue weighted by atomic mass is 10.1. The van der Waals surface area contributed by atoms with Crippen LogP contribution in [0.3, 0.4) is 0 Å². The molecule has 2 heterocycles. The molecule has 29 heavy (non-hydrogen) atoms. The van der Waals surface area contributed by atoms with Crippen LogP contribution in [0.1, 0.15) is 27.4 Å². The molecule has 0 saturated carbocycles. The first-order valence-electron chi connectivity index (χ1n) is 9.73. The summed E-state index contributed by atoms with van der Waals surface area (Å²) in [6, 6.07) is 15.2. The Hall–Kier alpha value is -3.03. The van der Waals surface area contributed by atoms with E-state index in [0.717, 1.165) is 43.9 Å². The number of piperazine rings is 1. The summed E-state index contributed by atoms with van der Waals surface area (Å²) < 4.78 is 5.44. The molecule has 0 unspecified atom stereocenters. The van der Waals surface area contributed by atoms with Crippen LogP contribution in [0.15, 0.2) is 53.1 Å². The number of carbonyl (C=O) groups is 1. The van der Waals surface area contributed by atoms with Crippen LogP contribution < -0.4 is 0 Å². The quantitative estimate of drug-likeness (QED) is 0.690. The number of hydrogen-bond acceptors (Lipinski definition) is 6. The summed E-state index contributed by atoms with van der Waals surface area (Å²) in [6.07, 6.45) is 0. The van der Waals surface area contributed by atoms with Crippen molar-refractivity contribution in [1.82, 2.24) is 19.9 Å². The third-order valence-electron chi connectivity index (χ3n) is 5.21. The average molecular weight is 392 g/mol. The molecular weight excluding hydrogens is 368 g/mol. The summed E-state index contributed by atoms with van der Waals surface area (Å²) >= 11 is 0. The lowest BCUT2D eigenvalue weighted by molar-refractivity contribution is 0.0697. The van der Waals surface area contributed by atoms with Gasteiger partial charge < -0.3 is 9.63 Å². The molecule has 1 aliphatic heterocycles. The van der Waals surface area contributed by atoms with Gasteiger partial charge in [-0.2, -0.15) is 4.98 Å². The van der Waals surface area contributed by atoms with Crippen molar-refractivity contribution in [2.45, 2.75) is 20.0 Å². The zero-order valence-electron chi connectivity index (χ0n) is 16.4. The zero-order valence-corrected chi connectivity index (χ0v) is 16.4. The summed E-state index contributed by atoms with van der Waals surface area (Å²) in [5.74, 6) is 0.374. The third kappa shape index (κ3) is 4.88. The highest BCUT2D eigenvalue weighted by Crippen LogP contribution is 2.18. The van der Waals surface area contributed by atoms with E-state index in [9.17, 15) is 4.79 Å². The minimum Gasteiger partial charge on any atom is -0.478 e. The average Bonchev–Trinajstić information content (AvgIpc) is 3.19. The van der Waals surface area contributed by atoms with Crippen LogP contribution in [0, 0.1) is 6.92 Å². The lowest BCUT2D eigenvalue weighted by Crippen LogP contribution is -2.45. The van der Waals surface area contributed by atoms with Gasteiger partial charge in [-0.25, -0.2) is 4.79 Å². The van der Waals surface area contributed by atoms with Crippen molar-refractivity contribution in [3.63, 3.8) is 0 Å². The van der Waals surface area contributed by atoms with Crippen molar-refractivity contribution < 1.29 is 14.4 Å². The van der Waals surface area contributed by atoms with Crippen LogP contribution in [-0.4, -0.2) is 57.2 Å². The molecule has 150 valence electrons. The highest BCUT2D eigenvalue weighted by molar-refractivity contribution is 5.87. The van der Waals surface area contributed by atoms with Crippen LogP contribution in [0.5, 0.6) is 0 Å². The van der Waals surface area contributed by atoms with Crippen LogP contribution in [0.25, 0.3) is 11.4 Å². The zero-order chi connectivity index (χ0) is 20.2. The first-order chi connectivity index (χ1) is 14.1. The van der Waals surface area contributed by atoms with Gasteiger partial charge in [0.15, 0.2) is 0 Å². The first-order valence-corrected chi connectivity index (χ1v) is 9.73. The predicted molar refractivity (Wildman–Crippen MR) is 108 cm³/mol. The van der Waals surface area contributed by atoms with Gasteiger partial charge in [0.1, 0.15) is 0 Å². The molecule has 0 atom stereocenters. The number of rotatable bonds is 6. The molecule has 3 aromatic rings. The molecule has 1 saturated heterocycles. The number of hydrogen-bond donors (Lipinski definition) is 1. The Bertz CT molecular complexity index is 958. The fourth-order valence-corrected chi connectivity index (χ4v) is 3.45. The van der Waals surface area contributed by atoms with Gasteiger partial charge in [-0.05, 0) is 24.6 Å². The second-order valence-electron chi connectivity index (χ2n) is 7.43. The maximum atomic E-state index is 11.0. The summed E-state index contributed by atoms with van der Waals surface area (Å²) in [5.41, 5.74) is 3.61. The third-order valence-corrected chi connectivity index (χ3v) is 5.21. The number of carboxylic acids is 1. The number of nitrogens with zero attached hydrogens (tertiary/aromatic N) is 4. The van der Waals surface area contributed by atoms with Gasteiger partial charge in [0, 0.05) is 38.3 Å². The minimum atomic E-state index is -0.892. The van der Waals surface area contributed by atoms with E-state index in [-0.39, 0.29) is 0 Å². The second-order valence-corrected chi connectivity index (χ2v) is 7.43. The monoisotopic (exact) mass is 392 g/mol. The molecule has 1 N–H and O–H groups in total. The Balaban J connectivity index is 1.28. The molecule has 0 amide bonds. The van der Waals surface area contributed by atoms with Crippen LogP contribution in [0.2, 0.25) is 0 Å². The Labute approximate surface area is 169 Å². The topological polar surface area (TPSA) is 82.7 Å². The summed E-state index contributed by atoms with van der Waals surface area (Å²) in [4.78, 5) is 20.2. The van der Waals surface area contributed by atoms with Crippen LogP contribution >= 0.6 is 0 Å². The van der Waals surface area contributed by atoms with E-state index in [4.69, 9.17) is 9.63 Å². The van der Waals surface area contributed by atoms with Gasteiger partial charge in [0.05, 0.1) is 12.1 Å². The van der Waals surface area contributed by atoms with Gasteiger partial charge in [0.2, 0.25) is 11.7 Å². The molecule has 0 radical (unpaired) electrons. The minimum absolute atomic E-state index is 0.322. The Morgan fingerprint density at radius 2 is 1.59 bits per heavy atom. The Kier molecular flexibility index (Phi) is 5.69. The van der Waals surface area contributed by atoms with Crippen molar-refractivity contribution in [2.75, 3.05) is 26.2 Å². The molecule has 1 fully saturated rings. The van der Waals surface area contributed by atoms with E-state index < -0.39 is 5.97 Å². The largest absolute Gasteiger partial charge is 0.478 e. The molecule has 2 aromatic carbocycles. The fourth-order valence-electron chi connectivity index (χ4n) is 3.45. The summed E-state index contributed by atoms with van der Waals surface area (Å²) in [7, 11) is 0. The van der Waals surface area contributed by atoms with E-state index in [0.29, 0.717) is 23.8 Å².